The van der Waals surface area contributed by atoms with Crippen molar-refractivity contribution in [2.45, 2.75) is 0 Å². The van der Waals surface area contributed by atoms with Crippen molar-refractivity contribution in [3.63, 3.8) is 0 Å². The second-order valence-electron chi connectivity index (χ2n) is 4.61. The van der Waals surface area contributed by atoms with Crippen molar-refractivity contribution >= 4 is 21.9 Å². The second kappa shape index (κ2) is 4.31. The van der Waals surface area contributed by atoms with Crippen LogP contribution in [0.5, 0.6) is 0 Å². The van der Waals surface area contributed by atoms with Crippen LogP contribution >= 0.6 is 0 Å². The molecule has 0 aliphatic carbocycles. The fourth-order valence-corrected chi connectivity index (χ4v) is 2.37. The molecule has 0 unspecified atom stereocenters. The SMILES string of the molecule is Fc1ccc(-c2ccc3c(n2)[nH]c2ccncc23)c(F)n1. The van der Waals surface area contributed by atoms with E-state index in [9.17, 15) is 8.78 Å². The summed E-state index contributed by atoms with van der Waals surface area (Å²) in [6, 6.07) is 7.80. The molecule has 0 fully saturated rings. The van der Waals surface area contributed by atoms with Crippen LogP contribution in [0.15, 0.2) is 42.7 Å². The van der Waals surface area contributed by atoms with Crippen molar-refractivity contribution in [2.75, 3.05) is 0 Å². The third kappa shape index (κ3) is 1.84. The summed E-state index contributed by atoms with van der Waals surface area (Å²) in [5.74, 6) is -1.73. The average Bonchev–Trinajstić information content (AvgIpc) is 2.84. The topological polar surface area (TPSA) is 54.5 Å². The molecule has 0 aromatic carbocycles. The molecule has 4 aromatic heterocycles. The molecule has 0 saturated heterocycles. The molecule has 1 N–H and O–H groups in total. The first-order valence-electron chi connectivity index (χ1n) is 6.27. The molecule has 0 spiro atoms. The third-order valence-corrected chi connectivity index (χ3v) is 3.35. The van der Waals surface area contributed by atoms with Crippen LogP contribution < -0.4 is 0 Å². The minimum atomic E-state index is -0.875. The molecular weight excluding hydrogens is 274 g/mol. The number of fused-ring (bicyclic) bond motifs is 3. The molecule has 0 atom stereocenters. The summed E-state index contributed by atoms with van der Waals surface area (Å²) in [5, 5.41) is 1.85. The second-order valence-corrected chi connectivity index (χ2v) is 4.61. The van der Waals surface area contributed by atoms with Crippen molar-refractivity contribution in [3.05, 3.63) is 54.6 Å². The predicted octanol–water partition coefficient (Wildman–Crippen LogP) is 3.45. The van der Waals surface area contributed by atoms with Gasteiger partial charge in [0.1, 0.15) is 5.65 Å². The Labute approximate surface area is 117 Å². The van der Waals surface area contributed by atoms with Gasteiger partial charge in [0.2, 0.25) is 11.9 Å². The highest BCUT2D eigenvalue weighted by atomic mass is 19.1. The minimum absolute atomic E-state index is 0.162. The smallest absolute Gasteiger partial charge is 0.224 e. The summed E-state index contributed by atoms with van der Waals surface area (Å²) in [7, 11) is 0. The number of nitrogens with one attached hydrogen (secondary N) is 1. The van der Waals surface area contributed by atoms with E-state index in [-0.39, 0.29) is 5.56 Å². The number of H-pyrrole nitrogens is 1. The zero-order chi connectivity index (χ0) is 14.4. The summed E-state index contributed by atoms with van der Waals surface area (Å²) in [4.78, 5) is 14.8. The minimum Gasteiger partial charge on any atom is -0.339 e. The van der Waals surface area contributed by atoms with E-state index in [0.29, 0.717) is 11.3 Å². The van der Waals surface area contributed by atoms with Crippen LogP contribution in [-0.2, 0) is 0 Å². The van der Waals surface area contributed by atoms with Crippen LogP contribution in [0.2, 0.25) is 0 Å². The monoisotopic (exact) mass is 282 g/mol. The Kier molecular flexibility index (Phi) is 2.44. The lowest BCUT2D eigenvalue weighted by Crippen LogP contribution is -1.94. The summed E-state index contributed by atoms with van der Waals surface area (Å²) < 4.78 is 26.6. The first kappa shape index (κ1) is 11.9. The van der Waals surface area contributed by atoms with E-state index in [1.807, 2.05) is 12.1 Å². The number of aromatic amines is 1. The molecule has 4 heterocycles. The van der Waals surface area contributed by atoms with Crippen molar-refractivity contribution in [3.8, 4) is 11.3 Å². The predicted molar refractivity (Wildman–Crippen MR) is 74.5 cm³/mol. The maximum atomic E-state index is 13.7. The molecule has 0 aliphatic rings. The number of pyridine rings is 3. The number of rotatable bonds is 1. The van der Waals surface area contributed by atoms with Crippen molar-refractivity contribution in [2.24, 2.45) is 0 Å². The molecule has 0 aliphatic heterocycles. The molecule has 4 aromatic rings. The van der Waals surface area contributed by atoms with Gasteiger partial charge >= 0.3 is 0 Å². The van der Waals surface area contributed by atoms with Crippen LogP contribution in [0.4, 0.5) is 8.78 Å². The molecule has 4 nitrogen and oxygen atoms in total. The van der Waals surface area contributed by atoms with Crippen LogP contribution in [0.25, 0.3) is 33.2 Å². The highest BCUT2D eigenvalue weighted by molar-refractivity contribution is 6.05. The van der Waals surface area contributed by atoms with Gasteiger partial charge in [0.15, 0.2) is 0 Å². The number of hydrogen-bond acceptors (Lipinski definition) is 3. The van der Waals surface area contributed by atoms with E-state index in [1.165, 1.54) is 6.07 Å². The Morgan fingerprint density at radius 1 is 0.905 bits per heavy atom. The van der Waals surface area contributed by atoms with Crippen LogP contribution in [0.1, 0.15) is 0 Å². The molecule has 102 valence electrons. The van der Waals surface area contributed by atoms with Gasteiger partial charge < -0.3 is 4.98 Å². The summed E-state index contributed by atoms with van der Waals surface area (Å²) in [5.41, 5.74) is 2.09. The quantitative estimate of drug-likeness (QED) is 0.544. The van der Waals surface area contributed by atoms with Crippen LogP contribution in [0.3, 0.4) is 0 Å². The largest absolute Gasteiger partial charge is 0.339 e. The van der Waals surface area contributed by atoms with Gasteiger partial charge in [0.25, 0.3) is 0 Å². The Hall–Kier alpha value is -2.89. The highest BCUT2D eigenvalue weighted by Crippen LogP contribution is 2.27. The Balaban J connectivity index is 1.96. The van der Waals surface area contributed by atoms with Crippen molar-refractivity contribution < 1.29 is 8.78 Å². The highest BCUT2D eigenvalue weighted by Gasteiger charge is 2.11. The van der Waals surface area contributed by atoms with E-state index < -0.39 is 11.9 Å². The Morgan fingerprint density at radius 3 is 2.67 bits per heavy atom. The van der Waals surface area contributed by atoms with Gasteiger partial charge in [-0.2, -0.15) is 13.8 Å². The lowest BCUT2D eigenvalue weighted by Gasteiger charge is -2.02. The van der Waals surface area contributed by atoms with E-state index in [4.69, 9.17) is 0 Å². The van der Waals surface area contributed by atoms with Gasteiger partial charge in [-0.05, 0) is 30.3 Å². The lowest BCUT2D eigenvalue weighted by molar-refractivity contribution is 0.515. The Morgan fingerprint density at radius 2 is 1.81 bits per heavy atom. The van der Waals surface area contributed by atoms with Gasteiger partial charge in [-0.15, -0.1) is 0 Å². The molecule has 0 bridgehead atoms. The van der Waals surface area contributed by atoms with E-state index in [0.717, 1.165) is 22.4 Å². The number of hydrogen-bond donors (Lipinski definition) is 1. The molecule has 0 saturated carbocycles. The first-order valence-corrected chi connectivity index (χ1v) is 6.27. The summed E-state index contributed by atoms with van der Waals surface area (Å²) in [6.07, 6.45) is 3.43. The fraction of sp³-hybridized carbons (Fsp3) is 0. The van der Waals surface area contributed by atoms with E-state index in [2.05, 4.69) is 19.9 Å². The number of aromatic nitrogens is 4. The third-order valence-electron chi connectivity index (χ3n) is 3.35. The van der Waals surface area contributed by atoms with Crippen LogP contribution in [-0.4, -0.2) is 19.9 Å². The van der Waals surface area contributed by atoms with Crippen LogP contribution in [0, 0.1) is 11.9 Å². The lowest BCUT2D eigenvalue weighted by atomic mass is 10.1. The average molecular weight is 282 g/mol. The van der Waals surface area contributed by atoms with E-state index in [1.54, 1.807) is 18.5 Å². The van der Waals surface area contributed by atoms with Gasteiger partial charge in [0, 0.05) is 23.2 Å². The molecule has 0 radical (unpaired) electrons. The van der Waals surface area contributed by atoms with E-state index >= 15 is 0 Å². The molecule has 6 heteroatoms. The fourth-order valence-electron chi connectivity index (χ4n) is 2.37. The maximum Gasteiger partial charge on any atom is 0.224 e. The summed E-state index contributed by atoms with van der Waals surface area (Å²) in [6.45, 7) is 0. The van der Waals surface area contributed by atoms with Gasteiger partial charge in [-0.1, -0.05) is 0 Å². The molecule has 21 heavy (non-hydrogen) atoms. The number of halogens is 2. The normalized spacial score (nSPS) is 11.3. The van der Waals surface area contributed by atoms with Gasteiger partial charge in [-0.3, -0.25) is 4.98 Å². The first-order chi connectivity index (χ1) is 10.2. The molecular formula is C15H8F2N4. The Bertz CT molecular complexity index is 978. The standard InChI is InChI=1S/C15H8F2N4/c16-13-4-2-9(14(17)21-13)11-3-1-8-10-7-18-6-5-12(10)20-15(8)19-11/h1-7H,(H,19,20). The van der Waals surface area contributed by atoms with Crippen molar-refractivity contribution in [1.29, 1.82) is 0 Å². The van der Waals surface area contributed by atoms with Gasteiger partial charge in [-0.25, -0.2) is 4.98 Å². The molecule has 0 amide bonds. The summed E-state index contributed by atoms with van der Waals surface area (Å²) >= 11 is 0. The number of nitrogens with zero attached hydrogens (tertiary/aromatic N) is 3. The van der Waals surface area contributed by atoms with Crippen molar-refractivity contribution in [1.82, 2.24) is 19.9 Å². The maximum absolute atomic E-state index is 13.7. The zero-order valence-corrected chi connectivity index (χ0v) is 10.6. The molecule has 4 rings (SSSR count). The van der Waals surface area contributed by atoms with Gasteiger partial charge in [0.05, 0.1) is 16.8 Å². The zero-order valence-electron chi connectivity index (χ0n) is 10.6.